The highest BCUT2D eigenvalue weighted by Gasteiger charge is 2.11. The summed E-state index contributed by atoms with van der Waals surface area (Å²) >= 11 is 7.34. The fourth-order valence-electron chi connectivity index (χ4n) is 1.29. The van der Waals surface area contributed by atoms with Gasteiger partial charge in [-0.3, -0.25) is 0 Å². The Morgan fingerprint density at radius 2 is 2.29 bits per heavy atom. The molecule has 1 unspecified atom stereocenters. The van der Waals surface area contributed by atoms with Crippen LogP contribution in [0.15, 0.2) is 33.4 Å². The predicted octanol–water partition coefficient (Wildman–Crippen LogP) is 3.24. The number of halogens is 1. The molecule has 2 aromatic heterocycles. The first-order valence-electron chi connectivity index (χ1n) is 4.27. The standard InChI is InChI=1S/C10H10ClNOS/c11-10-2-1-9(13-10)8(12)5-7-3-4-14-6-7/h1-4,6,8H,5,12H2. The van der Waals surface area contributed by atoms with Crippen molar-refractivity contribution in [3.05, 3.63) is 45.5 Å². The summed E-state index contributed by atoms with van der Waals surface area (Å²) in [6.45, 7) is 0. The lowest BCUT2D eigenvalue weighted by atomic mass is 10.1. The first-order valence-corrected chi connectivity index (χ1v) is 5.59. The topological polar surface area (TPSA) is 39.2 Å². The van der Waals surface area contributed by atoms with Gasteiger partial charge in [0.05, 0.1) is 6.04 Å². The summed E-state index contributed by atoms with van der Waals surface area (Å²) in [5, 5.41) is 4.52. The molecule has 0 aliphatic heterocycles. The fraction of sp³-hybridized carbons (Fsp3) is 0.200. The van der Waals surface area contributed by atoms with Gasteiger partial charge in [0.1, 0.15) is 5.76 Å². The summed E-state index contributed by atoms with van der Waals surface area (Å²) in [6.07, 6.45) is 0.785. The highest BCUT2D eigenvalue weighted by atomic mass is 35.5. The molecule has 2 nitrogen and oxygen atoms in total. The summed E-state index contributed by atoms with van der Waals surface area (Å²) in [5.41, 5.74) is 7.18. The van der Waals surface area contributed by atoms with E-state index in [9.17, 15) is 0 Å². The van der Waals surface area contributed by atoms with E-state index in [0.29, 0.717) is 5.22 Å². The molecular formula is C10H10ClNOS. The van der Waals surface area contributed by atoms with Crippen LogP contribution in [0.2, 0.25) is 5.22 Å². The molecule has 2 rings (SSSR count). The number of thiophene rings is 1. The average molecular weight is 228 g/mol. The molecule has 0 fully saturated rings. The zero-order valence-corrected chi connectivity index (χ0v) is 9.02. The number of hydrogen-bond acceptors (Lipinski definition) is 3. The Kier molecular flexibility index (Phi) is 2.91. The zero-order valence-electron chi connectivity index (χ0n) is 7.44. The molecule has 2 heterocycles. The highest BCUT2D eigenvalue weighted by Crippen LogP contribution is 2.22. The smallest absolute Gasteiger partial charge is 0.193 e. The summed E-state index contributed by atoms with van der Waals surface area (Å²) < 4.78 is 5.24. The van der Waals surface area contributed by atoms with Gasteiger partial charge in [-0.25, -0.2) is 0 Å². The van der Waals surface area contributed by atoms with Crippen LogP contribution in [0.4, 0.5) is 0 Å². The van der Waals surface area contributed by atoms with Crippen LogP contribution in [0.1, 0.15) is 17.4 Å². The molecule has 0 radical (unpaired) electrons. The monoisotopic (exact) mass is 227 g/mol. The molecular weight excluding hydrogens is 218 g/mol. The molecule has 0 saturated heterocycles. The van der Waals surface area contributed by atoms with Crippen molar-refractivity contribution in [1.29, 1.82) is 0 Å². The van der Waals surface area contributed by atoms with E-state index in [-0.39, 0.29) is 6.04 Å². The normalized spacial score (nSPS) is 13.0. The third kappa shape index (κ3) is 2.18. The third-order valence-electron chi connectivity index (χ3n) is 2.00. The molecule has 2 aromatic rings. The zero-order chi connectivity index (χ0) is 9.97. The summed E-state index contributed by atoms with van der Waals surface area (Å²) in [7, 11) is 0. The maximum Gasteiger partial charge on any atom is 0.193 e. The first-order chi connectivity index (χ1) is 6.75. The van der Waals surface area contributed by atoms with Gasteiger partial charge in [-0.1, -0.05) is 0 Å². The molecule has 0 bridgehead atoms. The van der Waals surface area contributed by atoms with E-state index in [1.807, 2.05) is 11.4 Å². The van der Waals surface area contributed by atoms with Crippen LogP contribution in [0.5, 0.6) is 0 Å². The molecule has 0 aliphatic carbocycles. The van der Waals surface area contributed by atoms with Crippen molar-refractivity contribution in [3.8, 4) is 0 Å². The van der Waals surface area contributed by atoms with Crippen LogP contribution in [-0.2, 0) is 6.42 Å². The van der Waals surface area contributed by atoms with E-state index in [2.05, 4.69) is 11.4 Å². The Balaban J connectivity index is 2.06. The lowest BCUT2D eigenvalue weighted by molar-refractivity contribution is 0.466. The predicted molar refractivity (Wildman–Crippen MR) is 58.7 cm³/mol. The van der Waals surface area contributed by atoms with Crippen molar-refractivity contribution >= 4 is 22.9 Å². The quantitative estimate of drug-likeness (QED) is 0.875. The molecule has 0 spiro atoms. The number of hydrogen-bond donors (Lipinski definition) is 1. The molecule has 0 saturated carbocycles. The van der Waals surface area contributed by atoms with E-state index in [4.69, 9.17) is 21.8 Å². The Bertz CT molecular complexity index is 396. The minimum absolute atomic E-state index is 0.114. The molecule has 14 heavy (non-hydrogen) atoms. The number of nitrogens with two attached hydrogens (primary N) is 1. The Morgan fingerprint density at radius 3 is 2.86 bits per heavy atom. The van der Waals surface area contributed by atoms with E-state index >= 15 is 0 Å². The largest absolute Gasteiger partial charge is 0.448 e. The van der Waals surface area contributed by atoms with E-state index in [1.165, 1.54) is 5.56 Å². The number of furan rings is 1. The third-order valence-corrected chi connectivity index (χ3v) is 2.93. The minimum Gasteiger partial charge on any atom is -0.448 e. The van der Waals surface area contributed by atoms with Gasteiger partial charge >= 0.3 is 0 Å². The van der Waals surface area contributed by atoms with Crippen molar-refractivity contribution in [2.45, 2.75) is 12.5 Å². The maximum absolute atomic E-state index is 5.95. The van der Waals surface area contributed by atoms with Gasteiger partial charge < -0.3 is 10.2 Å². The van der Waals surface area contributed by atoms with E-state index in [1.54, 1.807) is 17.4 Å². The van der Waals surface area contributed by atoms with Crippen molar-refractivity contribution in [2.75, 3.05) is 0 Å². The molecule has 2 N–H and O–H groups in total. The van der Waals surface area contributed by atoms with E-state index in [0.717, 1.165) is 12.2 Å². The second-order valence-corrected chi connectivity index (χ2v) is 4.24. The summed E-state index contributed by atoms with van der Waals surface area (Å²) in [4.78, 5) is 0. The summed E-state index contributed by atoms with van der Waals surface area (Å²) in [6, 6.07) is 5.48. The van der Waals surface area contributed by atoms with Crippen LogP contribution in [0.3, 0.4) is 0 Å². The highest BCUT2D eigenvalue weighted by molar-refractivity contribution is 7.07. The summed E-state index contributed by atoms with van der Waals surface area (Å²) in [5.74, 6) is 0.737. The van der Waals surface area contributed by atoms with Crippen LogP contribution in [0, 0.1) is 0 Å². The van der Waals surface area contributed by atoms with Crippen molar-refractivity contribution in [3.63, 3.8) is 0 Å². The van der Waals surface area contributed by atoms with Crippen LogP contribution < -0.4 is 5.73 Å². The van der Waals surface area contributed by atoms with Gasteiger partial charge in [0.15, 0.2) is 5.22 Å². The second-order valence-electron chi connectivity index (χ2n) is 3.08. The van der Waals surface area contributed by atoms with Crippen molar-refractivity contribution in [1.82, 2.24) is 0 Å². The van der Waals surface area contributed by atoms with Gasteiger partial charge in [0.2, 0.25) is 0 Å². The molecule has 0 aromatic carbocycles. The van der Waals surface area contributed by atoms with Gasteiger partial charge in [-0.2, -0.15) is 11.3 Å². The van der Waals surface area contributed by atoms with E-state index < -0.39 is 0 Å². The molecule has 0 amide bonds. The van der Waals surface area contributed by atoms with Crippen molar-refractivity contribution < 1.29 is 4.42 Å². The fourth-order valence-corrected chi connectivity index (χ4v) is 2.12. The average Bonchev–Trinajstić information content (AvgIpc) is 2.75. The van der Waals surface area contributed by atoms with Gasteiger partial charge in [0.25, 0.3) is 0 Å². The van der Waals surface area contributed by atoms with Crippen molar-refractivity contribution in [2.24, 2.45) is 5.73 Å². The molecule has 1 atom stereocenters. The molecule has 0 aliphatic rings. The SMILES string of the molecule is NC(Cc1ccsc1)c1ccc(Cl)o1. The van der Waals surface area contributed by atoms with Gasteiger partial charge in [0, 0.05) is 0 Å². The lowest BCUT2D eigenvalue weighted by Gasteiger charge is -2.06. The Hall–Kier alpha value is -0.770. The van der Waals surface area contributed by atoms with Crippen LogP contribution >= 0.6 is 22.9 Å². The van der Waals surface area contributed by atoms with Gasteiger partial charge in [-0.15, -0.1) is 0 Å². The van der Waals surface area contributed by atoms with Gasteiger partial charge in [-0.05, 0) is 52.5 Å². The first kappa shape index (κ1) is 9.77. The minimum atomic E-state index is -0.114. The maximum atomic E-state index is 5.95. The lowest BCUT2D eigenvalue weighted by Crippen LogP contribution is -2.11. The van der Waals surface area contributed by atoms with Crippen LogP contribution in [-0.4, -0.2) is 0 Å². The Labute approximate surface area is 91.3 Å². The molecule has 74 valence electrons. The number of rotatable bonds is 3. The Morgan fingerprint density at radius 1 is 1.43 bits per heavy atom. The van der Waals surface area contributed by atoms with Crippen LogP contribution in [0.25, 0.3) is 0 Å². The molecule has 4 heteroatoms. The second kappa shape index (κ2) is 4.17.